The fourth-order valence-electron chi connectivity index (χ4n) is 3.24. The van der Waals surface area contributed by atoms with Crippen LogP contribution in [0.3, 0.4) is 0 Å². The van der Waals surface area contributed by atoms with Crippen LogP contribution in [0, 0.1) is 10.1 Å². The van der Waals surface area contributed by atoms with Gasteiger partial charge in [-0.05, 0) is 29.8 Å². The van der Waals surface area contributed by atoms with Gasteiger partial charge in [0.05, 0.1) is 29.7 Å². The average molecular weight is 365 g/mol. The van der Waals surface area contributed by atoms with Crippen molar-refractivity contribution >= 4 is 11.7 Å². The van der Waals surface area contributed by atoms with E-state index in [-0.39, 0.29) is 23.9 Å². The summed E-state index contributed by atoms with van der Waals surface area (Å²) < 4.78 is 10.5. The van der Waals surface area contributed by atoms with E-state index < -0.39 is 10.9 Å². The first-order valence-electron chi connectivity index (χ1n) is 8.24. The molecule has 0 spiro atoms. The zero-order chi connectivity index (χ0) is 19.0. The van der Waals surface area contributed by atoms with Crippen LogP contribution in [-0.2, 0) is 4.79 Å². The molecule has 4 rings (SSSR count). The van der Waals surface area contributed by atoms with Crippen LogP contribution in [0.5, 0.6) is 11.6 Å². The molecule has 1 atom stereocenters. The van der Waals surface area contributed by atoms with Crippen LogP contribution in [0.15, 0.2) is 48.5 Å². The molecule has 0 fully saturated rings. The molecule has 0 bridgehead atoms. The summed E-state index contributed by atoms with van der Waals surface area (Å²) in [4.78, 5) is 22.5. The van der Waals surface area contributed by atoms with Gasteiger partial charge in [0.15, 0.2) is 0 Å². The van der Waals surface area contributed by atoms with Crippen LogP contribution < -0.4 is 9.47 Å². The van der Waals surface area contributed by atoms with Crippen LogP contribution in [0.4, 0.5) is 5.69 Å². The number of benzene rings is 2. The summed E-state index contributed by atoms with van der Waals surface area (Å²) in [6, 6.07) is 13.6. The Hall–Kier alpha value is -3.68. The first-order valence-corrected chi connectivity index (χ1v) is 8.24. The highest BCUT2D eigenvalue weighted by Crippen LogP contribution is 2.43. The van der Waals surface area contributed by atoms with E-state index in [9.17, 15) is 14.9 Å². The van der Waals surface area contributed by atoms with E-state index >= 15 is 0 Å². The number of aromatic amines is 1. The molecule has 27 heavy (non-hydrogen) atoms. The molecule has 1 aliphatic heterocycles. The van der Waals surface area contributed by atoms with Gasteiger partial charge in [-0.1, -0.05) is 12.1 Å². The maximum absolute atomic E-state index is 12.0. The zero-order valence-corrected chi connectivity index (χ0v) is 14.3. The molecule has 8 heteroatoms. The third-order valence-electron chi connectivity index (χ3n) is 4.58. The van der Waals surface area contributed by atoms with E-state index in [4.69, 9.17) is 9.47 Å². The number of nitro groups is 1. The summed E-state index contributed by atoms with van der Waals surface area (Å²) in [5.74, 6) is 0.266. The van der Waals surface area contributed by atoms with E-state index in [1.54, 1.807) is 19.2 Å². The summed E-state index contributed by atoms with van der Waals surface area (Å²) in [6.07, 6.45) is 0.132. The highest BCUT2D eigenvalue weighted by Gasteiger charge is 2.34. The number of hydrogen-bond donors (Lipinski definition) is 1. The first-order chi connectivity index (χ1) is 13.1. The van der Waals surface area contributed by atoms with Gasteiger partial charge in [-0.2, -0.15) is 0 Å². The molecule has 0 aliphatic carbocycles. The Morgan fingerprint density at radius 2 is 1.89 bits per heavy atom. The molecule has 0 saturated heterocycles. The number of esters is 1. The van der Waals surface area contributed by atoms with Crippen LogP contribution in [0.2, 0.25) is 0 Å². The lowest BCUT2D eigenvalue weighted by molar-refractivity contribution is -0.384. The Morgan fingerprint density at radius 3 is 2.52 bits per heavy atom. The van der Waals surface area contributed by atoms with Crippen molar-refractivity contribution in [3.63, 3.8) is 0 Å². The lowest BCUT2D eigenvalue weighted by Crippen LogP contribution is -2.20. The summed E-state index contributed by atoms with van der Waals surface area (Å²) in [7, 11) is 1.59. The van der Waals surface area contributed by atoms with Gasteiger partial charge in [-0.3, -0.25) is 20.0 Å². The summed E-state index contributed by atoms with van der Waals surface area (Å²) in [5, 5.41) is 18.0. The highest BCUT2D eigenvalue weighted by atomic mass is 16.6. The summed E-state index contributed by atoms with van der Waals surface area (Å²) in [6.45, 7) is 0. The van der Waals surface area contributed by atoms with E-state index in [2.05, 4.69) is 10.2 Å². The van der Waals surface area contributed by atoms with Crippen LogP contribution in [-0.4, -0.2) is 28.2 Å². The average Bonchev–Trinajstić information content (AvgIpc) is 3.11. The zero-order valence-electron chi connectivity index (χ0n) is 14.3. The van der Waals surface area contributed by atoms with Gasteiger partial charge >= 0.3 is 5.97 Å². The molecular weight excluding hydrogens is 350 g/mol. The molecule has 0 saturated carbocycles. The lowest BCUT2D eigenvalue weighted by atomic mass is 9.85. The number of hydrogen-bond acceptors (Lipinski definition) is 6. The number of H-pyrrole nitrogens is 1. The minimum absolute atomic E-state index is 0.0000640. The molecule has 1 aromatic heterocycles. The number of nitrogens with one attached hydrogen (secondary N) is 1. The monoisotopic (exact) mass is 365 g/mol. The third-order valence-corrected chi connectivity index (χ3v) is 4.58. The Kier molecular flexibility index (Phi) is 4.08. The predicted octanol–water partition coefficient (Wildman–Crippen LogP) is 3.43. The number of methoxy groups -OCH3 is 1. The maximum Gasteiger partial charge on any atom is 0.313 e. The molecule has 8 nitrogen and oxygen atoms in total. The quantitative estimate of drug-likeness (QED) is 0.431. The smallest absolute Gasteiger partial charge is 0.313 e. The van der Waals surface area contributed by atoms with Crippen molar-refractivity contribution < 1.29 is 19.2 Å². The van der Waals surface area contributed by atoms with Crippen LogP contribution in [0.1, 0.15) is 23.5 Å². The topological polar surface area (TPSA) is 107 Å². The molecule has 2 heterocycles. The van der Waals surface area contributed by atoms with Gasteiger partial charge in [-0.25, -0.2) is 0 Å². The number of nitro benzene ring substituents is 1. The first kappa shape index (κ1) is 16.8. The van der Waals surface area contributed by atoms with Crippen molar-refractivity contribution in [1.29, 1.82) is 0 Å². The van der Waals surface area contributed by atoms with Gasteiger partial charge in [0.1, 0.15) is 5.75 Å². The van der Waals surface area contributed by atoms with Crippen molar-refractivity contribution in [2.24, 2.45) is 0 Å². The van der Waals surface area contributed by atoms with Gasteiger partial charge in [-0.15, -0.1) is 5.10 Å². The second-order valence-corrected chi connectivity index (χ2v) is 6.13. The Labute approximate surface area is 153 Å². The maximum atomic E-state index is 12.0. The summed E-state index contributed by atoms with van der Waals surface area (Å²) >= 11 is 0. The molecule has 1 N–H and O–H groups in total. The standard InChI is InChI=1S/C19H15N3O5/c1-26-14-8-4-12(5-9-14)18-17-15(10-16(23)27-19(17)21-20-18)11-2-6-13(7-3-11)22(24)25/h2-9,15H,10H2,1H3,(H,20,21)/t15-/m1/s1. The van der Waals surface area contributed by atoms with E-state index in [0.29, 0.717) is 0 Å². The molecule has 0 radical (unpaired) electrons. The number of aromatic nitrogens is 2. The Morgan fingerprint density at radius 1 is 1.19 bits per heavy atom. The van der Waals surface area contributed by atoms with E-state index in [0.717, 1.165) is 28.1 Å². The van der Waals surface area contributed by atoms with Crippen molar-refractivity contribution in [2.75, 3.05) is 7.11 Å². The second kappa shape index (κ2) is 6.56. The minimum Gasteiger partial charge on any atom is -0.497 e. The van der Waals surface area contributed by atoms with E-state index in [1.165, 1.54) is 12.1 Å². The molecule has 0 unspecified atom stereocenters. The number of carbonyl (C=O) groups is 1. The van der Waals surface area contributed by atoms with Crippen LogP contribution >= 0.6 is 0 Å². The van der Waals surface area contributed by atoms with Gasteiger partial charge in [0.2, 0.25) is 5.88 Å². The Balaban J connectivity index is 1.78. The summed E-state index contributed by atoms with van der Waals surface area (Å²) in [5.41, 5.74) is 3.15. The van der Waals surface area contributed by atoms with Crippen molar-refractivity contribution in [1.82, 2.24) is 10.2 Å². The van der Waals surface area contributed by atoms with Gasteiger partial charge in [0.25, 0.3) is 5.69 Å². The molecule has 136 valence electrons. The van der Waals surface area contributed by atoms with Gasteiger partial charge in [0, 0.05) is 23.6 Å². The number of non-ortho nitro benzene ring substituents is 1. The number of nitrogens with zero attached hydrogens (tertiary/aromatic N) is 2. The fourth-order valence-corrected chi connectivity index (χ4v) is 3.24. The van der Waals surface area contributed by atoms with Gasteiger partial charge < -0.3 is 9.47 Å². The number of rotatable bonds is 4. The normalized spacial score (nSPS) is 15.7. The SMILES string of the molecule is COc1ccc(-c2[nH]nc3c2[C@@H](c2ccc([N+](=O)[O-])cc2)CC(=O)O3)cc1. The second-order valence-electron chi connectivity index (χ2n) is 6.13. The predicted molar refractivity (Wildman–Crippen MR) is 95.8 cm³/mol. The third kappa shape index (κ3) is 3.01. The largest absolute Gasteiger partial charge is 0.497 e. The molecule has 1 aliphatic rings. The minimum atomic E-state index is -0.453. The number of fused-ring (bicyclic) bond motifs is 1. The van der Waals surface area contributed by atoms with E-state index in [1.807, 2.05) is 24.3 Å². The highest BCUT2D eigenvalue weighted by molar-refractivity contribution is 5.80. The van der Waals surface area contributed by atoms with Crippen molar-refractivity contribution in [3.05, 3.63) is 69.8 Å². The van der Waals surface area contributed by atoms with Crippen molar-refractivity contribution in [3.8, 4) is 22.9 Å². The Bertz CT molecular complexity index is 1010. The number of carbonyl (C=O) groups excluding carboxylic acids is 1. The number of ether oxygens (including phenoxy) is 2. The molecular formula is C19H15N3O5. The van der Waals surface area contributed by atoms with Crippen molar-refractivity contribution in [2.45, 2.75) is 12.3 Å². The molecule has 2 aromatic carbocycles. The molecule has 0 amide bonds. The van der Waals surface area contributed by atoms with Crippen LogP contribution in [0.25, 0.3) is 11.3 Å². The molecule has 3 aromatic rings. The fraction of sp³-hybridized carbons (Fsp3) is 0.158. The lowest BCUT2D eigenvalue weighted by Gasteiger charge is -2.22.